The minimum atomic E-state index is -1.16. The second kappa shape index (κ2) is 5.32. The van der Waals surface area contributed by atoms with Gasteiger partial charge in [-0.05, 0) is 12.1 Å². The number of carbonyl (C=O) groups excluding carboxylic acids is 1. The molecule has 102 valence electrons. The molecule has 1 aromatic rings. The molecule has 0 saturated carbocycles. The fourth-order valence-electron chi connectivity index (χ4n) is 2.00. The number of β-amino-alcohol motifs (C(OH)–C–C–N with tert-alkyl or cyclic N) is 1. The molecular weight excluding hydrogens is 295 g/mol. The molecule has 0 spiro atoms. The summed E-state index contributed by atoms with van der Waals surface area (Å²) in [6, 6.07) is 1.71. The zero-order valence-electron chi connectivity index (χ0n) is 9.58. The van der Waals surface area contributed by atoms with E-state index < -0.39 is 24.0 Å². The molecule has 19 heavy (non-hydrogen) atoms. The molecule has 2 heterocycles. The molecule has 0 aromatic carbocycles. The van der Waals surface area contributed by atoms with Crippen LogP contribution in [-0.2, 0) is 4.79 Å². The van der Waals surface area contributed by atoms with Crippen LogP contribution in [0.15, 0.2) is 12.1 Å². The van der Waals surface area contributed by atoms with E-state index in [1.807, 2.05) is 0 Å². The van der Waals surface area contributed by atoms with Crippen LogP contribution < -0.4 is 0 Å². The molecule has 2 rings (SSSR count). The molecule has 1 saturated heterocycles. The summed E-state index contributed by atoms with van der Waals surface area (Å²) in [5, 5.41) is 18.6. The van der Waals surface area contributed by atoms with E-state index in [1.165, 1.54) is 12.1 Å². The molecule has 1 aliphatic heterocycles. The summed E-state index contributed by atoms with van der Waals surface area (Å²) in [6.07, 6.45) is -0.858. The number of halogens is 2. The Labute approximate surface area is 118 Å². The summed E-state index contributed by atoms with van der Waals surface area (Å²) in [4.78, 5) is 28.1. The Bertz CT molecular complexity index is 537. The van der Waals surface area contributed by atoms with Crippen LogP contribution in [0.1, 0.15) is 16.8 Å². The number of carboxylic acid groups (broad SMARTS) is 1. The van der Waals surface area contributed by atoms with Crippen molar-refractivity contribution in [1.82, 2.24) is 9.88 Å². The molecule has 0 bridgehead atoms. The fourth-order valence-corrected chi connectivity index (χ4v) is 2.42. The third-order valence-corrected chi connectivity index (χ3v) is 3.37. The highest BCUT2D eigenvalue weighted by Gasteiger charge is 2.39. The highest BCUT2D eigenvalue weighted by atomic mass is 35.5. The lowest BCUT2D eigenvalue weighted by atomic mass is 10.2. The van der Waals surface area contributed by atoms with Crippen molar-refractivity contribution in [3.05, 3.63) is 28.0 Å². The van der Waals surface area contributed by atoms with Gasteiger partial charge in [0.05, 0.1) is 11.7 Å². The molecule has 1 aliphatic rings. The molecule has 1 aromatic heterocycles. The van der Waals surface area contributed by atoms with E-state index in [1.54, 1.807) is 0 Å². The summed E-state index contributed by atoms with van der Waals surface area (Å²) in [5.74, 6) is -1.75. The average Bonchev–Trinajstić information content (AvgIpc) is 2.70. The molecular formula is C11H10Cl2N2O4. The van der Waals surface area contributed by atoms with E-state index in [2.05, 4.69) is 4.98 Å². The summed E-state index contributed by atoms with van der Waals surface area (Å²) in [5.41, 5.74) is 0.0615. The van der Waals surface area contributed by atoms with Crippen molar-refractivity contribution in [2.75, 3.05) is 6.54 Å². The van der Waals surface area contributed by atoms with Gasteiger partial charge in [-0.25, -0.2) is 9.78 Å². The van der Waals surface area contributed by atoms with Crippen LogP contribution >= 0.6 is 23.2 Å². The van der Waals surface area contributed by atoms with Crippen LogP contribution in [0.3, 0.4) is 0 Å². The smallest absolute Gasteiger partial charge is 0.326 e. The zero-order valence-corrected chi connectivity index (χ0v) is 11.1. The first-order chi connectivity index (χ1) is 8.90. The van der Waals surface area contributed by atoms with Gasteiger partial charge in [0, 0.05) is 13.0 Å². The van der Waals surface area contributed by atoms with Crippen LogP contribution in [0.25, 0.3) is 0 Å². The van der Waals surface area contributed by atoms with Gasteiger partial charge in [0.15, 0.2) is 0 Å². The second-order valence-corrected chi connectivity index (χ2v) is 4.92. The maximum Gasteiger partial charge on any atom is 0.326 e. The number of nitrogens with zero attached hydrogens (tertiary/aromatic N) is 2. The summed E-state index contributed by atoms with van der Waals surface area (Å²) >= 11 is 11.4. The maximum atomic E-state index is 12.2. The normalized spacial score (nSPS) is 22.6. The average molecular weight is 305 g/mol. The van der Waals surface area contributed by atoms with Gasteiger partial charge in [-0.2, -0.15) is 0 Å². The van der Waals surface area contributed by atoms with E-state index in [0.717, 1.165) is 4.90 Å². The van der Waals surface area contributed by atoms with E-state index in [4.69, 9.17) is 28.3 Å². The van der Waals surface area contributed by atoms with Crippen molar-refractivity contribution in [3.8, 4) is 0 Å². The van der Waals surface area contributed by atoms with Crippen LogP contribution in [0, 0.1) is 0 Å². The minimum absolute atomic E-state index is 0.000287. The van der Waals surface area contributed by atoms with Crippen LogP contribution in [0.2, 0.25) is 10.3 Å². The van der Waals surface area contributed by atoms with Gasteiger partial charge in [-0.1, -0.05) is 23.2 Å². The monoisotopic (exact) mass is 304 g/mol. The van der Waals surface area contributed by atoms with Gasteiger partial charge in [0.2, 0.25) is 0 Å². The van der Waals surface area contributed by atoms with Crippen molar-refractivity contribution >= 4 is 35.1 Å². The third-order valence-electron chi connectivity index (χ3n) is 2.87. The summed E-state index contributed by atoms with van der Waals surface area (Å²) < 4.78 is 0. The van der Waals surface area contributed by atoms with Crippen molar-refractivity contribution in [2.24, 2.45) is 0 Å². The first kappa shape index (κ1) is 14.0. The Kier molecular flexibility index (Phi) is 3.93. The molecule has 1 amide bonds. The molecule has 0 unspecified atom stereocenters. The van der Waals surface area contributed by atoms with Crippen LogP contribution in [0.4, 0.5) is 0 Å². The lowest BCUT2D eigenvalue weighted by Gasteiger charge is -2.21. The summed E-state index contributed by atoms with van der Waals surface area (Å²) in [7, 11) is 0. The van der Waals surface area contributed by atoms with E-state index in [-0.39, 0.29) is 28.8 Å². The first-order valence-corrected chi connectivity index (χ1v) is 6.19. The minimum Gasteiger partial charge on any atom is -0.480 e. The molecule has 1 fully saturated rings. The standard InChI is InChI=1S/C11H10Cl2N2O4/c12-8-2-1-6(9(13)14-8)10(17)15-4-5(16)3-7(15)11(18)19/h1-2,5,7,16H,3-4H2,(H,18,19)/t5-,7+/m1/s1. The maximum absolute atomic E-state index is 12.2. The highest BCUT2D eigenvalue weighted by molar-refractivity contribution is 6.34. The number of likely N-dealkylation sites (tertiary alicyclic amines) is 1. The second-order valence-electron chi connectivity index (χ2n) is 4.17. The van der Waals surface area contributed by atoms with Crippen molar-refractivity contribution in [3.63, 3.8) is 0 Å². The van der Waals surface area contributed by atoms with Gasteiger partial charge in [-0.3, -0.25) is 4.79 Å². The van der Waals surface area contributed by atoms with Gasteiger partial charge >= 0.3 is 5.97 Å². The zero-order chi connectivity index (χ0) is 14.2. The Morgan fingerprint density at radius 1 is 1.37 bits per heavy atom. The number of pyridine rings is 1. The van der Waals surface area contributed by atoms with Crippen LogP contribution in [-0.4, -0.2) is 50.7 Å². The third kappa shape index (κ3) is 2.80. The number of aliphatic hydroxyl groups is 1. The first-order valence-electron chi connectivity index (χ1n) is 5.44. The number of aromatic nitrogens is 1. The number of hydrogen-bond acceptors (Lipinski definition) is 4. The Morgan fingerprint density at radius 3 is 2.63 bits per heavy atom. The lowest BCUT2D eigenvalue weighted by molar-refractivity contribution is -0.141. The lowest BCUT2D eigenvalue weighted by Crippen LogP contribution is -2.40. The van der Waals surface area contributed by atoms with E-state index >= 15 is 0 Å². The van der Waals surface area contributed by atoms with E-state index in [9.17, 15) is 14.7 Å². The molecule has 0 radical (unpaired) electrons. The van der Waals surface area contributed by atoms with Crippen molar-refractivity contribution in [1.29, 1.82) is 0 Å². The Balaban J connectivity index is 2.30. The quantitative estimate of drug-likeness (QED) is 0.797. The van der Waals surface area contributed by atoms with Gasteiger partial charge < -0.3 is 15.1 Å². The largest absolute Gasteiger partial charge is 0.480 e. The van der Waals surface area contributed by atoms with Crippen LogP contribution in [0.5, 0.6) is 0 Å². The number of hydrogen-bond donors (Lipinski definition) is 2. The number of aliphatic hydroxyl groups excluding tert-OH is 1. The topological polar surface area (TPSA) is 90.7 Å². The SMILES string of the molecule is O=C(O)[C@@H]1C[C@@H](O)CN1C(=O)c1ccc(Cl)nc1Cl. The number of amides is 1. The Morgan fingerprint density at radius 2 is 2.05 bits per heavy atom. The predicted octanol–water partition coefficient (Wildman–Crippen LogP) is 1.05. The molecule has 2 N–H and O–H groups in total. The molecule has 0 aliphatic carbocycles. The van der Waals surface area contributed by atoms with Gasteiger partial charge in [0.1, 0.15) is 16.3 Å². The van der Waals surface area contributed by atoms with Gasteiger partial charge in [0.25, 0.3) is 5.91 Å². The predicted molar refractivity (Wildman–Crippen MR) is 67.3 cm³/mol. The molecule has 8 heteroatoms. The Hall–Kier alpha value is -1.37. The van der Waals surface area contributed by atoms with Gasteiger partial charge in [-0.15, -0.1) is 0 Å². The fraction of sp³-hybridized carbons (Fsp3) is 0.364. The molecule has 6 nitrogen and oxygen atoms in total. The number of carbonyl (C=O) groups is 2. The van der Waals surface area contributed by atoms with E-state index in [0.29, 0.717) is 0 Å². The molecule has 2 atom stereocenters. The summed E-state index contributed by atoms with van der Waals surface area (Å²) in [6.45, 7) is -0.0469. The number of aliphatic carboxylic acids is 1. The number of rotatable bonds is 2. The van der Waals surface area contributed by atoms with Crippen molar-refractivity contribution < 1.29 is 19.8 Å². The number of carboxylic acids is 1. The highest BCUT2D eigenvalue weighted by Crippen LogP contribution is 2.24. The van der Waals surface area contributed by atoms with Crippen molar-refractivity contribution in [2.45, 2.75) is 18.6 Å².